The minimum atomic E-state index is -0.532. The third kappa shape index (κ3) is 2.85. The van der Waals surface area contributed by atoms with Gasteiger partial charge < -0.3 is 15.5 Å². The molecule has 5 nitrogen and oxygen atoms in total. The molecule has 6 heteroatoms. The molecule has 1 aromatic heterocycles. The Bertz CT molecular complexity index is 589. The first-order valence-corrected chi connectivity index (χ1v) is 6.61. The molecule has 3 N–H and O–H groups in total. The molecule has 0 saturated carbocycles. The van der Waals surface area contributed by atoms with Crippen LogP contribution in [0.5, 0.6) is 11.5 Å². The van der Waals surface area contributed by atoms with Crippen molar-refractivity contribution >= 4 is 17.2 Å². The maximum absolute atomic E-state index is 12.0. The van der Waals surface area contributed by atoms with Crippen LogP contribution in [0.15, 0.2) is 23.6 Å². The molecule has 1 atom stereocenters. The second kappa shape index (κ2) is 5.27. The highest BCUT2D eigenvalue weighted by Gasteiger charge is 2.19. The Morgan fingerprint density at radius 3 is 2.53 bits per heavy atom. The van der Waals surface area contributed by atoms with Crippen LogP contribution >= 0.6 is 11.3 Å². The van der Waals surface area contributed by atoms with Crippen molar-refractivity contribution in [2.75, 3.05) is 0 Å². The quantitative estimate of drug-likeness (QED) is 0.805. The van der Waals surface area contributed by atoms with E-state index in [0.717, 1.165) is 10.7 Å². The molecular formula is C13H14N2O3S. The van der Waals surface area contributed by atoms with Crippen molar-refractivity contribution in [1.29, 1.82) is 0 Å². The van der Waals surface area contributed by atoms with E-state index in [0.29, 0.717) is 0 Å². The standard InChI is InChI=1S/C13H14N2O3S/c1-7-6-19-13(14-7)8(2)15-12(18)11-9(16)4-3-5-10(11)17/h3-6,8,16-17H,1-2H3,(H,15,18). The Labute approximate surface area is 114 Å². The summed E-state index contributed by atoms with van der Waals surface area (Å²) in [4.78, 5) is 16.3. The molecular weight excluding hydrogens is 264 g/mol. The van der Waals surface area contributed by atoms with Gasteiger partial charge in [0, 0.05) is 11.1 Å². The number of phenols is 2. The van der Waals surface area contributed by atoms with Crippen LogP contribution in [0.25, 0.3) is 0 Å². The predicted octanol–water partition coefficient (Wildman–Crippen LogP) is 2.35. The van der Waals surface area contributed by atoms with Crippen LogP contribution in [0.3, 0.4) is 0 Å². The lowest BCUT2D eigenvalue weighted by Crippen LogP contribution is -2.26. The topological polar surface area (TPSA) is 82.5 Å². The van der Waals surface area contributed by atoms with Crippen molar-refractivity contribution in [3.63, 3.8) is 0 Å². The first-order valence-electron chi connectivity index (χ1n) is 5.73. The largest absolute Gasteiger partial charge is 0.507 e. The molecule has 0 radical (unpaired) electrons. The number of amides is 1. The molecule has 0 aliphatic rings. The van der Waals surface area contributed by atoms with E-state index in [2.05, 4.69) is 10.3 Å². The van der Waals surface area contributed by atoms with Crippen molar-refractivity contribution in [3.8, 4) is 11.5 Å². The Kier molecular flexibility index (Phi) is 3.71. The lowest BCUT2D eigenvalue weighted by molar-refractivity contribution is 0.0934. The number of nitrogens with zero attached hydrogens (tertiary/aromatic N) is 1. The summed E-state index contributed by atoms with van der Waals surface area (Å²) in [5, 5.41) is 24.6. The Balaban J connectivity index is 2.17. The van der Waals surface area contributed by atoms with Gasteiger partial charge in [0.2, 0.25) is 0 Å². The molecule has 1 amide bonds. The Hall–Kier alpha value is -2.08. The number of thiazole rings is 1. The minimum absolute atomic E-state index is 0.123. The van der Waals surface area contributed by atoms with Crippen LogP contribution < -0.4 is 5.32 Å². The SMILES string of the molecule is Cc1csc(C(C)NC(=O)c2c(O)cccc2O)n1. The lowest BCUT2D eigenvalue weighted by atomic mass is 10.1. The smallest absolute Gasteiger partial charge is 0.259 e. The fourth-order valence-electron chi connectivity index (χ4n) is 1.66. The van der Waals surface area contributed by atoms with Crippen LogP contribution in [0, 0.1) is 6.92 Å². The molecule has 0 bridgehead atoms. The first-order chi connectivity index (χ1) is 8.99. The minimum Gasteiger partial charge on any atom is -0.507 e. The lowest BCUT2D eigenvalue weighted by Gasteiger charge is -2.12. The molecule has 2 rings (SSSR count). The van der Waals surface area contributed by atoms with Gasteiger partial charge in [0.25, 0.3) is 5.91 Å². The summed E-state index contributed by atoms with van der Waals surface area (Å²) in [7, 11) is 0. The molecule has 0 aliphatic carbocycles. The highest BCUT2D eigenvalue weighted by Crippen LogP contribution is 2.27. The highest BCUT2D eigenvalue weighted by atomic mass is 32.1. The van der Waals surface area contributed by atoms with Crippen molar-refractivity contribution in [2.24, 2.45) is 0 Å². The number of aromatic nitrogens is 1. The van der Waals surface area contributed by atoms with Crippen LogP contribution in [0.2, 0.25) is 0 Å². The third-order valence-corrected chi connectivity index (χ3v) is 3.75. The summed E-state index contributed by atoms with van der Waals surface area (Å²) in [6.07, 6.45) is 0. The van der Waals surface area contributed by atoms with Gasteiger partial charge in [-0.05, 0) is 26.0 Å². The number of carbonyl (C=O) groups is 1. The van der Waals surface area contributed by atoms with Crippen molar-refractivity contribution in [3.05, 3.63) is 39.8 Å². The van der Waals surface area contributed by atoms with Crippen molar-refractivity contribution in [2.45, 2.75) is 19.9 Å². The maximum atomic E-state index is 12.0. The Morgan fingerprint density at radius 2 is 2.00 bits per heavy atom. The van der Waals surface area contributed by atoms with Gasteiger partial charge >= 0.3 is 0 Å². The summed E-state index contributed by atoms with van der Waals surface area (Å²) < 4.78 is 0. The average molecular weight is 278 g/mol. The van der Waals surface area contributed by atoms with Gasteiger partial charge in [-0.25, -0.2) is 4.98 Å². The number of phenolic OH excluding ortho intramolecular Hbond substituents is 2. The number of rotatable bonds is 3. The normalized spacial score (nSPS) is 12.1. The summed E-state index contributed by atoms with van der Waals surface area (Å²) in [6, 6.07) is 3.89. The molecule has 1 aromatic carbocycles. The summed E-state index contributed by atoms with van der Waals surface area (Å²) in [5.74, 6) is -1.03. The number of nitrogens with one attached hydrogen (secondary N) is 1. The van der Waals surface area contributed by atoms with Crippen LogP contribution in [-0.4, -0.2) is 21.1 Å². The predicted molar refractivity (Wildman–Crippen MR) is 72.5 cm³/mol. The number of aryl methyl sites for hydroxylation is 1. The monoisotopic (exact) mass is 278 g/mol. The van der Waals surface area contributed by atoms with E-state index < -0.39 is 5.91 Å². The van der Waals surface area contributed by atoms with Gasteiger partial charge in [-0.2, -0.15) is 0 Å². The number of hydrogen-bond acceptors (Lipinski definition) is 5. The number of carbonyl (C=O) groups excluding carboxylic acids is 1. The van der Waals surface area contributed by atoms with E-state index in [1.165, 1.54) is 29.5 Å². The second-order valence-electron chi connectivity index (χ2n) is 4.19. The van der Waals surface area contributed by atoms with Gasteiger partial charge in [0.1, 0.15) is 22.1 Å². The van der Waals surface area contributed by atoms with Crippen molar-refractivity contribution in [1.82, 2.24) is 10.3 Å². The van der Waals surface area contributed by atoms with E-state index >= 15 is 0 Å². The zero-order valence-corrected chi connectivity index (χ0v) is 11.4. The average Bonchev–Trinajstić information content (AvgIpc) is 2.75. The van der Waals surface area contributed by atoms with E-state index in [9.17, 15) is 15.0 Å². The summed E-state index contributed by atoms with van der Waals surface area (Å²) in [6.45, 7) is 3.68. The first kappa shape index (κ1) is 13.4. The molecule has 1 heterocycles. The number of benzene rings is 1. The van der Waals surface area contributed by atoms with E-state index in [1.807, 2.05) is 12.3 Å². The fourth-order valence-corrected chi connectivity index (χ4v) is 2.47. The molecule has 0 aliphatic heterocycles. The maximum Gasteiger partial charge on any atom is 0.259 e. The molecule has 0 fully saturated rings. The molecule has 100 valence electrons. The van der Waals surface area contributed by atoms with Gasteiger partial charge in [0.05, 0.1) is 6.04 Å². The van der Waals surface area contributed by atoms with E-state index in [4.69, 9.17) is 0 Å². The third-order valence-electron chi connectivity index (χ3n) is 2.60. The van der Waals surface area contributed by atoms with Gasteiger partial charge in [-0.1, -0.05) is 6.07 Å². The summed E-state index contributed by atoms with van der Waals surface area (Å²) >= 11 is 1.45. The van der Waals surface area contributed by atoms with Crippen LogP contribution in [0.1, 0.15) is 34.0 Å². The zero-order valence-electron chi connectivity index (χ0n) is 10.5. The Morgan fingerprint density at radius 1 is 1.37 bits per heavy atom. The molecule has 2 aromatic rings. The van der Waals surface area contributed by atoms with Crippen LogP contribution in [-0.2, 0) is 0 Å². The van der Waals surface area contributed by atoms with Crippen LogP contribution in [0.4, 0.5) is 0 Å². The molecule has 0 saturated heterocycles. The second-order valence-corrected chi connectivity index (χ2v) is 5.08. The van der Waals surface area contributed by atoms with Gasteiger partial charge in [-0.3, -0.25) is 4.79 Å². The highest BCUT2D eigenvalue weighted by molar-refractivity contribution is 7.09. The molecule has 1 unspecified atom stereocenters. The van der Waals surface area contributed by atoms with E-state index in [1.54, 1.807) is 6.92 Å². The zero-order chi connectivity index (χ0) is 14.0. The molecule has 0 spiro atoms. The summed E-state index contributed by atoms with van der Waals surface area (Å²) in [5.41, 5.74) is 0.772. The van der Waals surface area contributed by atoms with E-state index in [-0.39, 0.29) is 23.1 Å². The van der Waals surface area contributed by atoms with Gasteiger partial charge in [-0.15, -0.1) is 11.3 Å². The molecule has 19 heavy (non-hydrogen) atoms. The van der Waals surface area contributed by atoms with Crippen molar-refractivity contribution < 1.29 is 15.0 Å². The number of hydrogen-bond donors (Lipinski definition) is 3. The number of aromatic hydroxyl groups is 2. The van der Waals surface area contributed by atoms with Gasteiger partial charge in [0.15, 0.2) is 0 Å². The fraction of sp³-hybridized carbons (Fsp3) is 0.231.